The molecule has 0 N–H and O–H groups in total. The number of halogens is 1. The van der Waals surface area contributed by atoms with Crippen molar-refractivity contribution in [1.82, 2.24) is 9.55 Å². The number of para-hydroxylation sites is 3. The Morgan fingerprint density at radius 2 is 1.96 bits per heavy atom. The molecule has 1 unspecified atom stereocenters. The Morgan fingerprint density at radius 1 is 1.19 bits per heavy atom. The van der Waals surface area contributed by atoms with Crippen LogP contribution in [0.1, 0.15) is 18.2 Å². The number of carbonyl (C=O) groups is 1. The summed E-state index contributed by atoms with van der Waals surface area (Å²) in [5.41, 5.74) is 2.26. The van der Waals surface area contributed by atoms with Gasteiger partial charge in [-0.2, -0.15) is 0 Å². The van der Waals surface area contributed by atoms with Crippen LogP contribution in [0.15, 0.2) is 48.5 Å². The maximum absolute atomic E-state index is 14.1. The fraction of sp³-hybridized carbons (Fsp3) is 0.300. The van der Waals surface area contributed by atoms with Crippen LogP contribution in [-0.2, 0) is 16.1 Å². The number of ether oxygens (including phenoxy) is 1. The zero-order valence-electron chi connectivity index (χ0n) is 14.6. The van der Waals surface area contributed by atoms with Crippen LogP contribution in [0.2, 0.25) is 0 Å². The molecule has 134 valence electrons. The Bertz CT molecular complexity index is 953. The number of fused-ring (bicyclic) bond motifs is 1. The van der Waals surface area contributed by atoms with Gasteiger partial charge in [0, 0.05) is 32.5 Å². The molecule has 3 aromatic rings. The summed E-state index contributed by atoms with van der Waals surface area (Å²) in [6.07, 6.45) is 0.324. The highest BCUT2D eigenvalue weighted by molar-refractivity contribution is 5.96. The van der Waals surface area contributed by atoms with Crippen molar-refractivity contribution in [1.29, 1.82) is 0 Å². The Kier molecular flexibility index (Phi) is 4.42. The van der Waals surface area contributed by atoms with Crippen molar-refractivity contribution in [3.05, 3.63) is 60.2 Å². The smallest absolute Gasteiger partial charge is 0.227 e. The van der Waals surface area contributed by atoms with Gasteiger partial charge in [0.25, 0.3) is 0 Å². The third kappa shape index (κ3) is 2.86. The van der Waals surface area contributed by atoms with Gasteiger partial charge in [-0.3, -0.25) is 4.79 Å². The Hall–Kier alpha value is -2.73. The number of benzene rings is 2. The van der Waals surface area contributed by atoms with E-state index in [4.69, 9.17) is 9.72 Å². The van der Waals surface area contributed by atoms with Gasteiger partial charge in [0.1, 0.15) is 11.6 Å². The second-order valence-corrected chi connectivity index (χ2v) is 6.46. The van der Waals surface area contributed by atoms with Gasteiger partial charge in [0.2, 0.25) is 5.91 Å². The van der Waals surface area contributed by atoms with E-state index < -0.39 is 0 Å². The number of aromatic nitrogens is 2. The van der Waals surface area contributed by atoms with Gasteiger partial charge in [0.05, 0.1) is 23.3 Å². The molecule has 2 heterocycles. The van der Waals surface area contributed by atoms with E-state index in [2.05, 4.69) is 4.57 Å². The lowest BCUT2D eigenvalue weighted by atomic mass is 10.1. The Morgan fingerprint density at radius 3 is 2.77 bits per heavy atom. The molecule has 1 aromatic heterocycles. The summed E-state index contributed by atoms with van der Waals surface area (Å²) in [5, 5.41) is 0. The number of anilines is 1. The minimum atomic E-state index is -0.380. The molecule has 1 amide bonds. The third-order valence-corrected chi connectivity index (χ3v) is 4.84. The van der Waals surface area contributed by atoms with Gasteiger partial charge < -0.3 is 14.2 Å². The molecule has 0 spiro atoms. The molecule has 0 radical (unpaired) electrons. The van der Waals surface area contributed by atoms with Crippen LogP contribution in [0.5, 0.6) is 0 Å². The van der Waals surface area contributed by atoms with Gasteiger partial charge in [-0.05, 0) is 24.3 Å². The lowest BCUT2D eigenvalue weighted by molar-refractivity contribution is -0.117. The van der Waals surface area contributed by atoms with E-state index in [-0.39, 0.29) is 17.6 Å². The summed E-state index contributed by atoms with van der Waals surface area (Å²) in [4.78, 5) is 18.8. The van der Waals surface area contributed by atoms with E-state index >= 15 is 0 Å². The first kappa shape index (κ1) is 16.7. The maximum atomic E-state index is 14.1. The van der Waals surface area contributed by atoms with Gasteiger partial charge in [-0.1, -0.05) is 24.3 Å². The fourth-order valence-corrected chi connectivity index (χ4v) is 3.61. The highest BCUT2D eigenvalue weighted by atomic mass is 19.1. The van der Waals surface area contributed by atoms with Crippen LogP contribution in [0, 0.1) is 5.82 Å². The molecule has 1 aliphatic heterocycles. The second kappa shape index (κ2) is 6.88. The van der Waals surface area contributed by atoms with Crippen LogP contribution in [0.25, 0.3) is 11.0 Å². The van der Waals surface area contributed by atoms with E-state index in [9.17, 15) is 9.18 Å². The average molecular weight is 353 g/mol. The van der Waals surface area contributed by atoms with E-state index in [1.54, 1.807) is 25.3 Å². The largest absolute Gasteiger partial charge is 0.383 e. The van der Waals surface area contributed by atoms with Crippen molar-refractivity contribution in [3.63, 3.8) is 0 Å². The topological polar surface area (TPSA) is 47.4 Å². The molecular formula is C20H20FN3O2. The predicted molar refractivity (Wildman–Crippen MR) is 97.7 cm³/mol. The minimum absolute atomic E-state index is 0.0774. The normalized spacial score (nSPS) is 17.4. The number of nitrogens with zero attached hydrogens (tertiary/aromatic N) is 3. The quantitative estimate of drug-likeness (QED) is 0.707. The van der Waals surface area contributed by atoms with E-state index in [0.29, 0.717) is 31.8 Å². The number of carbonyl (C=O) groups excluding carboxylic acids is 1. The fourth-order valence-electron chi connectivity index (χ4n) is 3.61. The summed E-state index contributed by atoms with van der Waals surface area (Å²) in [6.45, 7) is 1.65. The molecule has 1 aliphatic rings. The van der Waals surface area contributed by atoms with Gasteiger partial charge in [-0.15, -0.1) is 0 Å². The van der Waals surface area contributed by atoms with Gasteiger partial charge in [0.15, 0.2) is 0 Å². The van der Waals surface area contributed by atoms with Crippen molar-refractivity contribution < 1.29 is 13.9 Å². The lowest BCUT2D eigenvalue weighted by Crippen LogP contribution is -2.25. The first-order chi connectivity index (χ1) is 12.7. The van der Waals surface area contributed by atoms with Crippen LogP contribution in [0.4, 0.5) is 10.1 Å². The number of imidazole rings is 1. The summed E-state index contributed by atoms with van der Waals surface area (Å²) in [6, 6.07) is 14.3. The molecule has 0 aliphatic carbocycles. The number of amides is 1. The van der Waals surface area contributed by atoms with Crippen LogP contribution >= 0.6 is 0 Å². The molecule has 26 heavy (non-hydrogen) atoms. The van der Waals surface area contributed by atoms with Crippen molar-refractivity contribution >= 4 is 22.6 Å². The van der Waals surface area contributed by atoms with Crippen molar-refractivity contribution in [3.8, 4) is 0 Å². The lowest BCUT2D eigenvalue weighted by Gasteiger charge is -2.18. The molecule has 0 saturated carbocycles. The molecule has 5 nitrogen and oxygen atoms in total. The van der Waals surface area contributed by atoms with Gasteiger partial charge in [-0.25, -0.2) is 9.37 Å². The monoisotopic (exact) mass is 353 g/mol. The first-order valence-corrected chi connectivity index (χ1v) is 8.68. The molecule has 6 heteroatoms. The highest BCUT2D eigenvalue weighted by Gasteiger charge is 2.35. The standard InChI is InChI=1S/C20H20FN3O2/c1-26-11-10-23-18-9-5-3-7-16(18)22-20(23)14-12-19(25)24(13-14)17-8-4-2-6-15(17)21/h2-9,14H,10-13H2,1H3. The molecule has 2 aromatic carbocycles. The Labute approximate surface area is 151 Å². The van der Waals surface area contributed by atoms with Crippen molar-refractivity contribution in [2.75, 3.05) is 25.2 Å². The molecule has 4 rings (SSSR count). The van der Waals surface area contributed by atoms with Crippen molar-refractivity contribution in [2.45, 2.75) is 18.9 Å². The Balaban J connectivity index is 1.70. The van der Waals surface area contributed by atoms with E-state index in [0.717, 1.165) is 16.9 Å². The SMILES string of the molecule is COCCn1c(C2CC(=O)N(c3ccccc3F)C2)nc2ccccc21. The number of rotatable bonds is 5. The van der Waals surface area contributed by atoms with Crippen molar-refractivity contribution in [2.24, 2.45) is 0 Å². The number of hydrogen-bond acceptors (Lipinski definition) is 3. The number of hydrogen-bond donors (Lipinski definition) is 0. The van der Waals surface area contributed by atoms with Crippen LogP contribution in [-0.4, -0.2) is 35.7 Å². The van der Waals surface area contributed by atoms with Crippen LogP contribution < -0.4 is 4.90 Å². The number of methoxy groups -OCH3 is 1. The summed E-state index contributed by atoms with van der Waals surface area (Å²) in [5.74, 6) is 0.321. The molecule has 1 fully saturated rings. The summed E-state index contributed by atoms with van der Waals surface area (Å²) >= 11 is 0. The third-order valence-electron chi connectivity index (χ3n) is 4.84. The molecule has 0 bridgehead atoms. The molecule has 1 atom stereocenters. The van der Waals surface area contributed by atoms with E-state index in [1.807, 2.05) is 24.3 Å². The summed E-state index contributed by atoms with van der Waals surface area (Å²) in [7, 11) is 1.66. The molecular weight excluding hydrogens is 333 g/mol. The first-order valence-electron chi connectivity index (χ1n) is 8.68. The maximum Gasteiger partial charge on any atom is 0.227 e. The second-order valence-electron chi connectivity index (χ2n) is 6.46. The summed E-state index contributed by atoms with van der Waals surface area (Å²) < 4.78 is 21.5. The molecule has 1 saturated heterocycles. The predicted octanol–water partition coefficient (Wildman–Crippen LogP) is 3.34. The van der Waals surface area contributed by atoms with Crippen LogP contribution in [0.3, 0.4) is 0 Å². The highest BCUT2D eigenvalue weighted by Crippen LogP contribution is 2.34. The average Bonchev–Trinajstić information content (AvgIpc) is 3.21. The minimum Gasteiger partial charge on any atom is -0.383 e. The zero-order chi connectivity index (χ0) is 18.1. The van der Waals surface area contributed by atoms with E-state index in [1.165, 1.54) is 11.0 Å². The zero-order valence-corrected chi connectivity index (χ0v) is 14.6. The van der Waals surface area contributed by atoms with Gasteiger partial charge >= 0.3 is 0 Å².